The maximum absolute atomic E-state index is 11.1. The summed E-state index contributed by atoms with van der Waals surface area (Å²) in [5.41, 5.74) is 1.28. The Morgan fingerprint density at radius 3 is 2.67 bits per heavy atom. The molecular formula is C15H16ClN3O2. The highest BCUT2D eigenvalue weighted by Gasteiger charge is 2.15. The molecule has 2 rings (SSSR count). The van der Waals surface area contributed by atoms with Crippen molar-refractivity contribution >= 4 is 23.7 Å². The smallest absolute Gasteiger partial charge is 0.156 e. The van der Waals surface area contributed by atoms with E-state index in [1.807, 2.05) is 30.3 Å². The predicted octanol–water partition coefficient (Wildman–Crippen LogP) is 2.27. The molecule has 6 heteroatoms. The first kappa shape index (κ1) is 15.4. The Morgan fingerprint density at radius 2 is 2.05 bits per heavy atom. The van der Waals surface area contributed by atoms with Crippen LogP contribution in [0.25, 0.3) is 0 Å². The van der Waals surface area contributed by atoms with Gasteiger partial charge in [-0.3, -0.25) is 4.79 Å². The van der Waals surface area contributed by atoms with Crippen LogP contribution in [-0.4, -0.2) is 34.0 Å². The maximum Gasteiger partial charge on any atom is 0.156 e. The fourth-order valence-electron chi connectivity index (χ4n) is 2.01. The number of rotatable bonds is 6. The second-order valence-corrected chi connectivity index (χ2v) is 5.01. The lowest BCUT2D eigenvalue weighted by Gasteiger charge is -2.18. The van der Waals surface area contributed by atoms with Crippen LogP contribution in [0.3, 0.4) is 0 Å². The Hall–Kier alpha value is -1.98. The molecule has 1 unspecified atom stereocenters. The van der Waals surface area contributed by atoms with E-state index in [4.69, 9.17) is 11.6 Å². The molecule has 1 heterocycles. The van der Waals surface area contributed by atoms with Gasteiger partial charge < -0.3 is 10.4 Å². The Labute approximate surface area is 128 Å². The number of aliphatic hydroxyl groups excluding tert-OH is 1. The molecule has 0 aliphatic carbocycles. The summed E-state index contributed by atoms with van der Waals surface area (Å²) in [4.78, 5) is 19.2. The van der Waals surface area contributed by atoms with E-state index < -0.39 is 0 Å². The van der Waals surface area contributed by atoms with Crippen LogP contribution in [0, 0.1) is 6.92 Å². The maximum atomic E-state index is 11.1. The third kappa shape index (κ3) is 4.00. The molecule has 1 aromatic carbocycles. The van der Waals surface area contributed by atoms with Gasteiger partial charge in [-0.2, -0.15) is 0 Å². The minimum atomic E-state index is -0.267. The van der Waals surface area contributed by atoms with Gasteiger partial charge in [0.15, 0.2) is 6.29 Å². The van der Waals surface area contributed by atoms with E-state index in [-0.39, 0.29) is 23.4 Å². The van der Waals surface area contributed by atoms with Gasteiger partial charge in [0, 0.05) is 0 Å². The summed E-state index contributed by atoms with van der Waals surface area (Å²) in [6.45, 7) is 1.60. The normalized spacial score (nSPS) is 12.0. The zero-order chi connectivity index (χ0) is 15.2. The largest absolute Gasteiger partial charge is 0.394 e. The fourth-order valence-corrected chi connectivity index (χ4v) is 2.27. The molecule has 0 amide bonds. The average Bonchev–Trinajstić information content (AvgIpc) is 2.47. The number of benzene rings is 1. The number of hydrogen-bond acceptors (Lipinski definition) is 5. The second-order valence-electron chi connectivity index (χ2n) is 4.66. The number of halogens is 1. The van der Waals surface area contributed by atoms with Gasteiger partial charge in [0.25, 0.3) is 0 Å². The first-order valence-electron chi connectivity index (χ1n) is 6.54. The number of carbonyl (C=O) groups is 1. The lowest BCUT2D eigenvalue weighted by Crippen LogP contribution is -2.27. The molecule has 0 bridgehead atoms. The summed E-state index contributed by atoms with van der Waals surface area (Å²) in [6, 6.07) is 9.49. The third-order valence-electron chi connectivity index (χ3n) is 3.01. The number of aliphatic hydroxyl groups is 1. The number of nitrogens with one attached hydrogen (secondary N) is 1. The van der Waals surface area contributed by atoms with Crippen LogP contribution in [0.15, 0.2) is 30.3 Å². The lowest BCUT2D eigenvalue weighted by atomic mass is 10.1. The van der Waals surface area contributed by atoms with Crippen molar-refractivity contribution in [3.05, 3.63) is 52.4 Å². The molecule has 0 radical (unpaired) electrons. The first-order valence-corrected chi connectivity index (χ1v) is 6.92. The molecule has 21 heavy (non-hydrogen) atoms. The van der Waals surface area contributed by atoms with E-state index in [2.05, 4.69) is 15.3 Å². The summed E-state index contributed by atoms with van der Waals surface area (Å²) in [5.74, 6) is 0.807. The van der Waals surface area contributed by atoms with E-state index >= 15 is 0 Å². The van der Waals surface area contributed by atoms with Crippen LogP contribution in [0.1, 0.15) is 21.7 Å². The standard InChI is InChI=1S/C15H16ClN3O2/c1-10-17-14(16)13(9-21)15(18-10)19-12(8-20)7-11-5-3-2-4-6-11/h2-6,9,12,20H,7-8H2,1H3,(H,17,18,19). The highest BCUT2D eigenvalue weighted by Crippen LogP contribution is 2.20. The number of aryl methyl sites for hydroxylation is 1. The Morgan fingerprint density at radius 1 is 1.33 bits per heavy atom. The van der Waals surface area contributed by atoms with E-state index in [0.29, 0.717) is 24.3 Å². The monoisotopic (exact) mass is 305 g/mol. The van der Waals surface area contributed by atoms with Gasteiger partial charge in [0.05, 0.1) is 18.2 Å². The van der Waals surface area contributed by atoms with Gasteiger partial charge in [-0.1, -0.05) is 41.9 Å². The van der Waals surface area contributed by atoms with Crippen LogP contribution in [0.2, 0.25) is 5.15 Å². The van der Waals surface area contributed by atoms with Gasteiger partial charge in [-0.15, -0.1) is 0 Å². The number of anilines is 1. The zero-order valence-electron chi connectivity index (χ0n) is 11.6. The van der Waals surface area contributed by atoms with Gasteiger partial charge >= 0.3 is 0 Å². The average molecular weight is 306 g/mol. The zero-order valence-corrected chi connectivity index (χ0v) is 12.3. The van der Waals surface area contributed by atoms with Crippen LogP contribution < -0.4 is 5.32 Å². The Kier molecular flexibility index (Phi) is 5.25. The van der Waals surface area contributed by atoms with E-state index in [1.165, 1.54) is 0 Å². The topological polar surface area (TPSA) is 75.1 Å². The number of hydrogen-bond donors (Lipinski definition) is 2. The minimum absolute atomic E-state index is 0.0894. The van der Waals surface area contributed by atoms with E-state index in [9.17, 15) is 9.90 Å². The highest BCUT2D eigenvalue weighted by atomic mass is 35.5. The highest BCUT2D eigenvalue weighted by molar-refractivity contribution is 6.32. The molecule has 0 spiro atoms. The number of aromatic nitrogens is 2. The molecule has 110 valence electrons. The molecule has 0 fully saturated rings. The molecule has 0 saturated heterocycles. The molecule has 2 aromatic rings. The summed E-state index contributed by atoms with van der Waals surface area (Å²) < 4.78 is 0. The third-order valence-corrected chi connectivity index (χ3v) is 3.30. The van der Waals surface area contributed by atoms with Crippen molar-refractivity contribution in [1.82, 2.24) is 9.97 Å². The van der Waals surface area contributed by atoms with Crippen molar-refractivity contribution in [1.29, 1.82) is 0 Å². The molecule has 0 aliphatic rings. The molecule has 1 atom stereocenters. The van der Waals surface area contributed by atoms with Crippen molar-refractivity contribution in [3.63, 3.8) is 0 Å². The molecular weight excluding hydrogens is 290 g/mol. The van der Waals surface area contributed by atoms with Crippen LogP contribution in [0.5, 0.6) is 0 Å². The first-order chi connectivity index (χ1) is 10.1. The van der Waals surface area contributed by atoms with E-state index in [1.54, 1.807) is 6.92 Å². The predicted molar refractivity (Wildman–Crippen MR) is 81.8 cm³/mol. The summed E-state index contributed by atoms with van der Waals surface area (Å²) in [5, 5.41) is 12.7. The second kappa shape index (κ2) is 7.15. The van der Waals surface area contributed by atoms with Gasteiger partial charge in [0.2, 0.25) is 0 Å². The molecule has 0 saturated carbocycles. The van der Waals surface area contributed by atoms with Crippen molar-refractivity contribution in [2.45, 2.75) is 19.4 Å². The van der Waals surface area contributed by atoms with Crippen molar-refractivity contribution in [2.24, 2.45) is 0 Å². The van der Waals surface area contributed by atoms with Gasteiger partial charge in [0.1, 0.15) is 16.8 Å². The minimum Gasteiger partial charge on any atom is -0.394 e. The van der Waals surface area contributed by atoms with Crippen LogP contribution in [-0.2, 0) is 6.42 Å². The van der Waals surface area contributed by atoms with Crippen molar-refractivity contribution in [3.8, 4) is 0 Å². The summed E-state index contributed by atoms with van der Waals surface area (Å²) >= 11 is 5.94. The molecule has 0 aliphatic heterocycles. The van der Waals surface area contributed by atoms with Crippen molar-refractivity contribution in [2.75, 3.05) is 11.9 Å². The summed E-state index contributed by atoms with van der Waals surface area (Å²) in [7, 11) is 0. The van der Waals surface area contributed by atoms with Crippen molar-refractivity contribution < 1.29 is 9.90 Å². The van der Waals surface area contributed by atoms with Gasteiger partial charge in [-0.05, 0) is 18.9 Å². The molecule has 1 aromatic heterocycles. The Bertz CT molecular complexity index is 620. The number of carbonyl (C=O) groups excluding carboxylic acids is 1. The number of nitrogens with zero attached hydrogens (tertiary/aromatic N) is 2. The lowest BCUT2D eigenvalue weighted by molar-refractivity contribution is 0.112. The summed E-state index contributed by atoms with van der Waals surface area (Å²) in [6.07, 6.45) is 1.22. The van der Waals surface area contributed by atoms with Crippen LogP contribution in [0.4, 0.5) is 5.82 Å². The number of aldehydes is 1. The van der Waals surface area contributed by atoms with Crippen LogP contribution >= 0.6 is 11.6 Å². The fraction of sp³-hybridized carbons (Fsp3) is 0.267. The quantitative estimate of drug-likeness (QED) is 0.632. The Balaban J connectivity index is 2.20. The molecule has 2 N–H and O–H groups in total. The SMILES string of the molecule is Cc1nc(Cl)c(C=O)c(NC(CO)Cc2ccccc2)n1. The molecule has 5 nitrogen and oxygen atoms in total. The van der Waals surface area contributed by atoms with E-state index in [0.717, 1.165) is 5.56 Å². The van der Waals surface area contributed by atoms with Gasteiger partial charge in [-0.25, -0.2) is 9.97 Å².